The van der Waals surface area contributed by atoms with Gasteiger partial charge in [-0.25, -0.2) is 13.4 Å². The fourth-order valence-corrected chi connectivity index (χ4v) is 2.35. The zero-order valence-corrected chi connectivity index (χ0v) is 12.5. The molecule has 0 unspecified atom stereocenters. The number of nitrogens with zero attached hydrogens (tertiary/aromatic N) is 1. The van der Waals surface area contributed by atoms with Crippen molar-refractivity contribution in [1.82, 2.24) is 4.98 Å². The summed E-state index contributed by atoms with van der Waals surface area (Å²) in [5.74, 6) is 0.294. The van der Waals surface area contributed by atoms with E-state index in [1.54, 1.807) is 18.3 Å². The van der Waals surface area contributed by atoms with Crippen LogP contribution in [0.4, 0.5) is 17.2 Å². The molecule has 1 heterocycles. The first-order valence-electron chi connectivity index (χ1n) is 5.39. The number of rotatable bonds is 4. The van der Waals surface area contributed by atoms with Crippen molar-refractivity contribution >= 4 is 43.1 Å². The van der Waals surface area contributed by atoms with Gasteiger partial charge < -0.3 is 5.32 Å². The normalized spacial score (nSPS) is 11.1. The lowest BCUT2D eigenvalue weighted by molar-refractivity contribution is 0.606. The maximum absolute atomic E-state index is 11.0. The van der Waals surface area contributed by atoms with Crippen LogP contribution in [0.15, 0.2) is 47.1 Å². The molecule has 0 bridgehead atoms. The highest BCUT2D eigenvalue weighted by molar-refractivity contribution is 9.10. The van der Waals surface area contributed by atoms with Gasteiger partial charge in [0.2, 0.25) is 10.0 Å². The number of benzene rings is 1. The number of halogens is 1. The molecule has 0 fully saturated rings. The van der Waals surface area contributed by atoms with Gasteiger partial charge in [-0.15, -0.1) is 0 Å². The predicted octanol–water partition coefficient (Wildman–Crippen LogP) is 2.96. The van der Waals surface area contributed by atoms with E-state index in [0.29, 0.717) is 5.82 Å². The summed E-state index contributed by atoms with van der Waals surface area (Å²) in [6.07, 6.45) is 2.65. The van der Waals surface area contributed by atoms with Gasteiger partial charge in [0.05, 0.1) is 18.1 Å². The summed E-state index contributed by atoms with van der Waals surface area (Å²) in [6, 6.07) is 11.1. The lowest BCUT2D eigenvalue weighted by Crippen LogP contribution is -2.10. The van der Waals surface area contributed by atoms with Crippen LogP contribution in [0.1, 0.15) is 0 Å². The average Bonchev–Trinajstić information content (AvgIpc) is 2.30. The number of nitrogens with one attached hydrogen (secondary N) is 2. The second kappa shape index (κ2) is 5.58. The van der Waals surface area contributed by atoms with Gasteiger partial charge in [-0.05, 0) is 30.3 Å². The van der Waals surface area contributed by atoms with Crippen LogP contribution >= 0.6 is 15.9 Å². The van der Waals surface area contributed by atoms with Gasteiger partial charge in [0, 0.05) is 10.2 Å². The molecule has 1 aromatic heterocycles. The Morgan fingerprint density at radius 1 is 1.16 bits per heavy atom. The lowest BCUT2D eigenvalue weighted by atomic mass is 10.3. The van der Waals surface area contributed by atoms with Crippen LogP contribution in [0, 0.1) is 0 Å². The third-order valence-electron chi connectivity index (χ3n) is 2.17. The first-order chi connectivity index (χ1) is 8.92. The van der Waals surface area contributed by atoms with Crippen LogP contribution in [-0.2, 0) is 10.0 Å². The fourth-order valence-electron chi connectivity index (χ4n) is 1.45. The Balaban J connectivity index is 2.11. The first kappa shape index (κ1) is 13.8. The van der Waals surface area contributed by atoms with Gasteiger partial charge in [0.1, 0.15) is 5.82 Å². The van der Waals surface area contributed by atoms with Crippen molar-refractivity contribution in [2.24, 2.45) is 0 Å². The standard InChI is InChI=1S/C12H12BrN3O2S/c1-19(17,18)16-12-6-5-11(8-14-12)15-10-4-2-3-9(13)7-10/h2-8,15H,1H3,(H,14,16). The van der Waals surface area contributed by atoms with Crippen molar-refractivity contribution in [1.29, 1.82) is 0 Å². The van der Waals surface area contributed by atoms with Gasteiger partial charge in [-0.3, -0.25) is 4.72 Å². The Morgan fingerprint density at radius 3 is 2.53 bits per heavy atom. The predicted molar refractivity (Wildman–Crippen MR) is 80.1 cm³/mol. The van der Waals surface area contributed by atoms with E-state index in [-0.39, 0.29) is 0 Å². The minimum Gasteiger partial charge on any atom is -0.354 e. The number of aromatic nitrogens is 1. The number of hydrogen-bond acceptors (Lipinski definition) is 4. The molecule has 7 heteroatoms. The van der Waals surface area contributed by atoms with E-state index in [9.17, 15) is 8.42 Å². The molecule has 2 aromatic rings. The third kappa shape index (κ3) is 4.53. The molecule has 0 amide bonds. The average molecular weight is 342 g/mol. The monoisotopic (exact) mass is 341 g/mol. The van der Waals surface area contributed by atoms with Crippen molar-refractivity contribution in [3.63, 3.8) is 0 Å². The fraction of sp³-hybridized carbons (Fsp3) is 0.0833. The highest BCUT2D eigenvalue weighted by Crippen LogP contribution is 2.20. The largest absolute Gasteiger partial charge is 0.354 e. The molecular weight excluding hydrogens is 330 g/mol. The van der Waals surface area contributed by atoms with Crippen LogP contribution in [0.25, 0.3) is 0 Å². The third-order valence-corrected chi connectivity index (χ3v) is 3.24. The number of sulfonamides is 1. The molecular formula is C12H12BrN3O2S. The highest BCUT2D eigenvalue weighted by atomic mass is 79.9. The molecule has 0 aliphatic carbocycles. The first-order valence-corrected chi connectivity index (χ1v) is 8.07. The number of hydrogen-bond donors (Lipinski definition) is 2. The second-order valence-corrected chi connectivity index (χ2v) is 6.61. The van der Waals surface area contributed by atoms with Crippen molar-refractivity contribution in [2.75, 3.05) is 16.3 Å². The lowest BCUT2D eigenvalue weighted by Gasteiger charge is -2.07. The Bertz CT molecular complexity index is 672. The Hall–Kier alpha value is -1.60. The Morgan fingerprint density at radius 2 is 1.95 bits per heavy atom. The minimum atomic E-state index is -3.29. The van der Waals surface area contributed by atoms with E-state index < -0.39 is 10.0 Å². The topological polar surface area (TPSA) is 71.1 Å². The molecule has 0 aliphatic rings. The van der Waals surface area contributed by atoms with Gasteiger partial charge in [0.15, 0.2) is 0 Å². The second-order valence-electron chi connectivity index (χ2n) is 3.94. The van der Waals surface area contributed by atoms with Gasteiger partial charge in [0.25, 0.3) is 0 Å². The zero-order chi connectivity index (χ0) is 13.9. The minimum absolute atomic E-state index is 0.294. The van der Waals surface area contributed by atoms with Crippen molar-refractivity contribution < 1.29 is 8.42 Å². The van der Waals surface area contributed by atoms with E-state index >= 15 is 0 Å². The van der Waals surface area contributed by atoms with E-state index in [1.807, 2.05) is 24.3 Å². The quantitative estimate of drug-likeness (QED) is 0.896. The summed E-state index contributed by atoms with van der Waals surface area (Å²) in [5.41, 5.74) is 1.69. The van der Waals surface area contributed by atoms with Crippen molar-refractivity contribution in [2.45, 2.75) is 0 Å². The molecule has 2 N–H and O–H groups in total. The molecule has 0 aliphatic heterocycles. The highest BCUT2D eigenvalue weighted by Gasteiger charge is 2.03. The summed E-state index contributed by atoms with van der Waals surface area (Å²) in [4.78, 5) is 4.02. The molecule has 2 rings (SSSR count). The summed E-state index contributed by atoms with van der Waals surface area (Å²) >= 11 is 3.39. The Kier molecular flexibility index (Phi) is 4.06. The SMILES string of the molecule is CS(=O)(=O)Nc1ccc(Nc2cccc(Br)c2)cn1. The molecule has 5 nitrogen and oxygen atoms in total. The van der Waals surface area contributed by atoms with Crippen LogP contribution in [0.3, 0.4) is 0 Å². The number of pyridine rings is 1. The van der Waals surface area contributed by atoms with Gasteiger partial charge in [-0.1, -0.05) is 22.0 Å². The molecule has 0 atom stereocenters. The Labute approximate surface area is 120 Å². The van der Waals surface area contributed by atoms with Crippen molar-refractivity contribution in [3.05, 3.63) is 47.1 Å². The van der Waals surface area contributed by atoms with Crippen LogP contribution in [0.5, 0.6) is 0 Å². The van der Waals surface area contributed by atoms with Crippen molar-refractivity contribution in [3.8, 4) is 0 Å². The van der Waals surface area contributed by atoms with E-state index in [1.165, 1.54) is 0 Å². The smallest absolute Gasteiger partial charge is 0.230 e. The summed E-state index contributed by atoms with van der Waals surface area (Å²) in [5, 5.41) is 3.17. The molecule has 1 aromatic carbocycles. The molecule has 0 saturated heterocycles. The van der Waals surface area contributed by atoms with Crippen LogP contribution < -0.4 is 10.0 Å². The molecule has 0 radical (unpaired) electrons. The molecule has 19 heavy (non-hydrogen) atoms. The summed E-state index contributed by atoms with van der Waals surface area (Å²) in [6.45, 7) is 0. The molecule has 100 valence electrons. The van der Waals surface area contributed by atoms with Gasteiger partial charge >= 0.3 is 0 Å². The summed E-state index contributed by atoms with van der Waals surface area (Å²) in [7, 11) is -3.29. The van der Waals surface area contributed by atoms with E-state index in [4.69, 9.17) is 0 Å². The van der Waals surface area contributed by atoms with Gasteiger partial charge in [-0.2, -0.15) is 0 Å². The maximum Gasteiger partial charge on any atom is 0.230 e. The van der Waals surface area contributed by atoms with Crippen LogP contribution in [-0.4, -0.2) is 19.7 Å². The molecule has 0 spiro atoms. The summed E-state index contributed by atoms with van der Waals surface area (Å²) < 4.78 is 25.4. The molecule has 0 saturated carbocycles. The van der Waals surface area contributed by atoms with E-state index in [0.717, 1.165) is 22.1 Å². The van der Waals surface area contributed by atoms with Crippen LogP contribution in [0.2, 0.25) is 0 Å². The zero-order valence-electron chi connectivity index (χ0n) is 10.1. The maximum atomic E-state index is 11.0. The van der Waals surface area contributed by atoms with E-state index in [2.05, 4.69) is 31.0 Å². The number of anilines is 3.